The number of benzene rings is 2. The third-order valence-electron chi connectivity index (χ3n) is 3.80. The molecule has 0 saturated carbocycles. The van der Waals surface area contributed by atoms with Gasteiger partial charge < -0.3 is 5.11 Å². The van der Waals surface area contributed by atoms with Crippen LogP contribution in [0.1, 0.15) is 39.5 Å². The molecule has 0 aliphatic carbocycles. The van der Waals surface area contributed by atoms with Crippen LogP contribution < -0.4 is 0 Å². The van der Waals surface area contributed by atoms with Gasteiger partial charge in [0, 0.05) is 6.42 Å². The lowest BCUT2D eigenvalue weighted by Crippen LogP contribution is -2.08. The van der Waals surface area contributed by atoms with Crippen molar-refractivity contribution in [2.75, 3.05) is 0 Å². The van der Waals surface area contributed by atoms with Gasteiger partial charge in [0.05, 0.1) is 6.10 Å². The monoisotopic (exact) mass is 272 g/mol. The van der Waals surface area contributed by atoms with Gasteiger partial charge in [0.25, 0.3) is 0 Å². The Morgan fingerprint density at radius 1 is 0.950 bits per heavy atom. The molecule has 20 heavy (non-hydrogen) atoms. The molecule has 0 aliphatic rings. The van der Waals surface area contributed by atoms with E-state index in [9.17, 15) is 9.50 Å². The lowest BCUT2D eigenvalue weighted by molar-refractivity contribution is 0.176. The molecule has 1 nitrogen and oxygen atoms in total. The van der Waals surface area contributed by atoms with Crippen molar-refractivity contribution >= 4 is 0 Å². The molecule has 1 N–H and O–H groups in total. The molecular weight excluding hydrogens is 251 g/mol. The minimum Gasteiger partial charge on any atom is -0.388 e. The van der Waals surface area contributed by atoms with Crippen LogP contribution in [0, 0.1) is 33.5 Å². The van der Waals surface area contributed by atoms with Gasteiger partial charge in [-0.1, -0.05) is 23.8 Å². The van der Waals surface area contributed by atoms with Gasteiger partial charge in [-0.15, -0.1) is 0 Å². The second-order valence-electron chi connectivity index (χ2n) is 5.60. The largest absolute Gasteiger partial charge is 0.388 e. The van der Waals surface area contributed by atoms with Crippen LogP contribution in [-0.2, 0) is 6.42 Å². The lowest BCUT2D eigenvalue weighted by Gasteiger charge is -2.18. The summed E-state index contributed by atoms with van der Waals surface area (Å²) in [6.07, 6.45) is -0.162. The highest BCUT2D eigenvalue weighted by Crippen LogP contribution is 2.27. The third kappa shape index (κ3) is 3.07. The van der Waals surface area contributed by atoms with Gasteiger partial charge in [-0.3, -0.25) is 0 Å². The Bertz CT molecular complexity index is 608. The van der Waals surface area contributed by atoms with Crippen LogP contribution >= 0.6 is 0 Å². The fourth-order valence-corrected chi connectivity index (χ4v) is 2.89. The van der Waals surface area contributed by atoms with Gasteiger partial charge >= 0.3 is 0 Å². The maximum Gasteiger partial charge on any atom is 0.123 e. The Morgan fingerprint density at radius 2 is 1.55 bits per heavy atom. The molecule has 0 fully saturated rings. The van der Waals surface area contributed by atoms with Crippen molar-refractivity contribution in [3.05, 3.63) is 69.5 Å². The van der Waals surface area contributed by atoms with Crippen molar-refractivity contribution in [2.45, 2.75) is 40.2 Å². The molecule has 0 aliphatic heterocycles. The van der Waals surface area contributed by atoms with Crippen LogP contribution in [-0.4, -0.2) is 5.11 Å². The minimum atomic E-state index is -0.601. The van der Waals surface area contributed by atoms with Crippen molar-refractivity contribution in [3.63, 3.8) is 0 Å². The molecule has 2 rings (SSSR count). The first-order chi connectivity index (χ1) is 9.38. The van der Waals surface area contributed by atoms with E-state index >= 15 is 0 Å². The maximum absolute atomic E-state index is 13.3. The van der Waals surface area contributed by atoms with Crippen LogP contribution in [0.15, 0.2) is 30.3 Å². The van der Waals surface area contributed by atoms with Gasteiger partial charge in [-0.05, 0) is 67.6 Å². The summed E-state index contributed by atoms with van der Waals surface area (Å²) in [5.41, 5.74) is 6.19. The second-order valence-corrected chi connectivity index (χ2v) is 5.60. The summed E-state index contributed by atoms with van der Waals surface area (Å²) < 4.78 is 13.3. The normalized spacial score (nSPS) is 12.5. The summed E-state index contributed by atoms with van der Waals surface area (Å²) >= 11 is 0. The molecule has 0 amide bonds. The zero-order valence-electron chi connectivity index (χ0n) is 12.5. The average Bonchev–Trinajstić information content (AvgIpc) is 2.32. The van der Waals surface area contributed by atoms with Crippen molar-refractivity contribution in [3.8, 4) is 0 Å². The molecule has 1 unspecified atom stereocenters. The smallest absolute Gasteiger partial charge is 0.123 e. The van der Waals surface area contributed by atoms with E-state index in [4.69, 9.17) is 0 Å². The molecule has 0 aromatic heterocycles. The zero-order chi connectivity index (χ0) is 14.9. The van der Waals surface area contributed by atoms with Crippen molar-refractivity contribution in [1.82, 2.24) is 0 Å². The molecule has 2 heteroatoms. The summed E-state index contributed by atoms with van der Waals surface area (Å²) in [4.78, 5) is 0. The SMILES string of the molecule is Cc1cc(C)c(C(O)Cc2cc(F)ccc2C)c(C)c1. The van der Waals surface area contributed by atoms with Crippen LogP contribution in [0.2, 0.25) is 0 Å². The minimum absolute atomic E-state index is 0.254. The Kier molecular flexibility index (Phi) is 4.24. The van der Waals surface area contributed by atoms with E-state index in [1.165, 1.54) is 17.7 Å². The van der Waals surface area contributed by atoms with E-state index in [0.29, 0.717) is 6.42 Å². The van der Waals surface area contributed by atoms with E-state index in [1.54, 1.807) is 6.07 Å². The summed E-state index contributed by atoms with van der Waals surface area (Å²) in [7, 11) is 0. The molecule has 2 aromatic carbocycles. The molecule has 106 valence electrons. The van der Waals surface area contributed by atoms with E-state index < -0.39 is 6.10 Å². The first-order valence-corrected chi connectivity index (χ1v) is 6.89. The highest BCUT2D eigenvalue weighted by Gasteiger charge is 2.15. The quantitative estimate of drug-likeness (QED) is 0.881. The topological polar surface area (TPSA) is 20.2 Å². The summed E-state index contributed by atoms with van der Waals surface area (Å²) in [5.74, 6) is -0.254. The lowest BCUT2D eigenvalue weighted by atomic mass is 9.91. The molecular formula is C18H21FO. The Balaban J connectivity index is 2.33. The highest BCUT2D eigenvalue weighted by atomic mass is 19.1. The molecule has 0 heterocycles. The highest BCUT2D eigenvalue weighted by molar-refractivity contribution is 5.40. The van der Waals surface area contributed by atoms with Crippen LogP contribution in [0.5, 0.6) is 0 Å². The number of hydrogen-bond donors (Lipinski definition) is 1. The Hall–Kier alpha value is -1.67. The zero-order valence-corrected chi connectivity index (χ0v) is 12.5. The first-order valence-electron chi connectivity index (χ1n) is 6.89. The Labute approximate surface area is 120 Å². The van der Waals surface area contributed by atoms with Crippen molar-refractivity contribution in [1.29, 1.82) is 0 Å². The van der Waals surface area contributed by atoms with Crippen LogP contribution in [0.25, 0.3) is 0 Å². The predicted octanol–water partition coefficient (Wildman–Crippen LogP) is 4.34. The maximum atomic E-state index is 13.3. The number of aryl methyl sites for hydroxylation is 4. The average molecular weight is 272 g/mol. The fourth-order valence-electron chi connectivity index (χ4n) is 2.89. The summed E-state index contributed by atoms with van der Waals surface area (Å²) in [5, 5.41) is 10.5. The summed E-state index contributed by atoms with van der Waals surface area (Å²) in [6, 6.07) is 8.87. The number of rotatable bonds is 3. The van der Waals surface area contributed by atoms with Crippen LogP contribution in [0.3, 0.4) is 0 Å². The molecule has 0 bridgehead atoms. The van der Waals surface area contributed by atoms with Crippen LogP contribution in [0.4, 0.5) is 4.39 Å². The second kappa shape index (κ2) is 5.76. The van der Waals surface area contributed by atoms with Gasteiger partial charge in [0.1, 0.15) is 5.82 Å². The molecule has 0 spiro atoms. The van der Waals surface area contributed by atoms with E-state index in [1.807, 2.05) is 27.7 Å². The van der Waals surface area contributed by atoms with E-state index in [0.717, 1.165) is 27.8 Å². The van der Waals surface area contributed by atoms with Gasteiger partial charge in [0.2, 0.25) is 0 Å². The van der Waals surface area contributed by atoms with Gasteiger partial charge in [-0.25, -0.2) is 4.39 Å². The van der Waals surface area contributed by atoms with E-state index in [2.05, 4.69) is 12.1 Å². The predicted molar refractivity (Wildman–Crippen MR) is 80.5 cm³/mol. The molecule has 0 saturated heterocycles. The van der Waals surface area contributed by atoms with Crippen molar-refractivity contribution in [2.24, 2.45) is 0 Å². The summed E-state index contributed by atoms with van der Waals surface area (Å²) in [6.45, 7) is 8.01. The first kappa shape index (κ1) is 14.7. The molecule has 2 aromatic rings. The standard InChI is InChI=1S/C18H21FO/c1-11-7-13(3)18(14(4)8-11)17(20)10-15-9-16(19)6-5-12(15)2/h5-9,17,20H,10H2,1-4H3. The van der Waals surface area contributed by atoms with E-state index in [-0.39, 0.29) is 5.82 Å². The Morgan fingerprint density at radius 3 is 2.15 bits per heavy atom. The third-order valence-corrected chi connectivity index (χ3v) is 3.80. The number of aliphatic hydroxyl groups is 1. The van der Waals surface area contributed by atoms with Gasteiger partial charge in [0.15, 0.2) is 0 Å². The molecule has 0 radical (unpaired) electrons. The van der Waals surface area contributed by atoms with Gasteiger partial charge in [-0.2, -0.15) is 0 Å². The number of aliphatic hydroxyl groups excluding tert-OH is 1. The molecule has 1 atom stereocenters. The fraction of sp³-hybridized carbons (Fsp3) is 0.333. The number of halogens is 1. The van der Waals surface area contributed by atoms with Crippen molar-refractivity contribution < 1.29 is 9.50 Å². The number of hydrogen-bond acceptors (Lipinski definition) is 1.